The highest BCUT2D eigenvalue weighted by molar-refractivity contribution is 7.99. The fourth-order valence-corrected chi connectivity index (χ4v) is 4.18. The maximum Gasteiger partial charge on any atom is 0.230 e. The van der Waals surface area contributed by atoms with Crippen molar-refractivity contribution in [2.75, 3.05) is 18.9 Å². The lowest BCUT2D eigenvalue weighted by molar-refractivity contribution is -0.118. The van der Waals surface area contributed by atoms with Crippen LogP contribution in [0.1, 0.15) is 30.9 Å². The van der Waals surface area contributed by atoms with Crippen LogP contribution in [0, 0.1) is 0 Å². The van der Waals surface area contributed by atoms with Gasteiger partial charge >= 0.3 is 0 Å². The fraction of sp³-hybridized carbons (Fsp3) is 0.333. The van der Waals surface area contributed by atoms with Crippen LogP contribution in [0.4, 0.5) is 0 Å². The molecular formula is C24H27N3O2S. The number of amides is 1. The molecule has 5 nitrogen and oxygen atoms in total. The number of carbonyl (C=O) groups excluding carboxylic acids is 1. The minimum atomic E-state index is 0.0367. The Labute approximate surface area is 181 Å². The molecule has 1 aromatic heterocycles. The first-order valence-electron chi connectivity index (χ1n) is 10.4. The Balaban J connectivity index is 1.19. The Bertz CT molecular complexity index is 940. The van der Waals surface area contributed by atoms with E-state index < -0.39 is 0 Å². The van der Waals surface area contributed by atoms with Gasteiger partial charge in [-0.25, -0.2) is 4.98 Å². The lowest BCUT2D eigenvalue weighted by Crippen LogP contribution is -2.27. The van der Waals surface area contributed by atoms with E-state index in [1.807, 2.05) is 54.7 Å². The first-order chi connectivity index (χ1) is 14.8. The number of carbonyl (C=O) groups is 1. The average molecular weight is 422 g/mol. The first-order valence-corrected chi connectivity index (χ1v) is 11.4. The monoisotopic (exact) mass is 421 g/mol. The minimum absolute atomic E-state index is 0.0367. The van der Waals surface area contributed by atoms with Crippen molar-refractivity contribution < 1.29 is 9.53 Å². The Morgan fingerprint density at radius 1 is 1.10 bits per heavy atom. The molecule has 0 spiro atoms. The van der Waals surface area contributed by atoms with Crippen molar-refractivity contribution in [3.8, 4) is 11.3 Å². The number of ether oxygens (including phenoxy) is 1. The van der Waals surface area contributed by atoms with E-state index in [9.17, 15) is 4.79 Å². The molecule has 6 heteroatoms. The third kappa shape index (κ3) is 5.74. The number of hydrogen-bond acceptors (Lipinski definition) is 4. The molecule has 1 aliphatic carbocycles. The summed E-state index contributed by atoms with van der Waals surface area (Å²) in [6.45, 7) is 1.87. The molecule has 0 saturated heterocycles. The molecule has 0 bridgehead atoms. The third-order valence-corrected chi connectivity index (χ3v) is 5.94. The molecule has 1 fully saturated rings. The van der Waals surface area contributed by atoms with Crippen LogP contribution in [-0.2, 0) is 16.1 Å². The molecule has 3 aromatic rings. The van der Waals surface area contributed by atoms with E-state index in [0.29, 0.717) is 31.6 Å². The lowest BCUT2D eigenvalue weighted by atomic mass is 10.2. The zero-order valence-electron chi connectivity index (χ0n) is 17.0. The van der Waals surface area contributed by atoms with E-state index >= 15 is 0 Å². The quantitative estimate of drug-likeness (QED) is 0.360. The van der Waals surface area contributed by atoms with Crippen molar-refractivity contribution >= 4 is 17.7 Å². The van der Waals surface area contributed by atoms with Crippen LogP contribution >= 0.6 is 11.8 Å². The molecule has 1 heterocycles. The van der Waals surface area contributed by atoms with Crippen LogP contribution in [0.5, 0.6) is 0 Å². The predicted octanol–water partition coefficient (Wildman–Crippen LogP) is 4.70. The molecule has 2 aromatic carbocycles. The summed E-state index contributed by atoms with van der Waals surface area (Å²) < 4.78 is 7.95. The van der Waals surface area contributed by atoms with E-state index in [4.69, 9.17) is 4.74 Å². The maximum absolute atomic E-state index is 12.2. The summed E-state index contributed by atoms with van der Waals surface area (Å²) in [6.07, 6.45) is 5.09. The zero-order valence-corrected chi connectivity index (χ0v) is 17.8. The smallest absolute Gasteiger partial charge is 0.230 e. The molecular weight excluding hydrogens is 394 g/mol. The number of benzene rings is 2. The van der Waals surface area contributed by atoms with E-state index in [0.717, 1.165) is 17.3 Å². The number of aromatic nitrogens is 2. The van der Waals surface area contributed by atoms with Gasteiger partial charge in [0.2, 0.25) is 5.91 Å². The van der Waals surface area contributed by atoms with Gasteiger partial charge < -0.3 is 14.6 Å². The number of nitrogens with one attached hydrogen (secondary N) is 1. The summed E-state index contributed by atoms with van der Waals surface area (Å²) in [7, 11) is 0. The van der Waals surface area contributed by atoms with Crippen molar-refractivity contribution in [2.24, 2.45) is 0 Å². The van der Waals surface area contributed by atoms with Crippen molar-refractivity contribution in [2.45, 2.75) is 37.1 Å². The van der Waals surface area contributed by atoms with Gasteiger partial charge in [0.15, 0.2) is 5.16 Å². The molecule has 1 amide bonds. The van der Waals surface area contributed by atoms with Gasteiger partial charge in [0, 0.05) is 19.2 Å². The second-order valence-corrected chi connectivity index (χ2v) is 8.37. The molecule has 30 heavy (non-hydrogen) atoms. The molecule has 1 saturated carbocycles. The molecule has 156 valence electrons. The summed E-state index contributed by atoms with van der Waals surface area (Å²) in [5.41, 5.74) is 3.47. The standard InChI is InChI=1S/C24H27N3O2S/c28-23(25-14-7-15-29-17-19-8-3-1-4-9-19)18-30-24-26-16-22(27(24)21-12-13-21)20-10-5-2-6-11-20/h1-6,8-11,16,21H,7,12-15,17-18H2,(H,25,28). The summed E-state index contributed by atoms with van der Waals surface area (Å²) in [4.78, 5) is 16.8. The summed E-state index contributed by atoms with van der Waals surface area (Å²) in [5.74, 6) is 0.415. The SMILES string of the molecule is O=C(CSc1ncc(-c2ccccc2)n1C1CC1)NCCCOCc1ccccc1. The van der Waals surface area contributed by atoms with E-state index in [-0.39, 0.29) is 5.91 Å². The van der Waals surface area contributed by atoms with E-state index in [1.54, 1.807) is 0 Å². The Morgan fingerprint density at radius 2 is 1.83 bits per heavy atom. The summed E-state index contributed by atoms with van der Waals surface area (Å²) in [5, 5.41) is 3.91. The van der Waals surface area contributed by atoms with Gasteiger partial charge in [-0.1, -0.05) is 72.4 Å². The van der Waals surface area contributed by atoms with Gasteiger partial charge in [0.25, 0.3) is 0 Å². The van der Waals surface area contributed by atoms with Gasteiger partial charge in [-0.15, -0.1) is 0 Å². The molecule has 4 rings (SSSR count). The summed E-state index contributed by atoms with van der Waals surface area (Å²) in [6, 6.07) is 20.9. The summed E-state index contributed by atoms with van der Waals surface area (Å²) >= 11 is 1.51. The van der Waals surface area contributed by atoms with Crippen LogP contribution < -0.4 is 5.32 Å². The minimum Gasteiger partial charge on any atom is -0.377 e. The number of thioether (sulfide) groups is 1. The van der Waals surface area contributed by atoms with E-state index in [2.05, 4.69) is 27.0 Å². The second-order valence-electron chi connectivity index (χ2n) is 7.42. The first kappa shape index (κ1) is 20.7. The van der Waals surface area contributed by atoms with Crippen molar-refractivity contribution in [3.63, 3.8) is 0 Å². The van der Waals surface area contributed by atoms with Crippen LogP contribution in [-0.4, -0.2) is 34.4 Å². The Morgan fingerprint density at radius 3 is 2.57 bits per heavy atom. The van der Waals surface area contributed by atoms with Gasteiger partial charge in [0.1, 0.15) is 0 Å². The predicted molar refractivity (Wildman–Crippen MR) is 120 cm³/mol. The van der Waals surface area contributed by atoms with Gasteiger partial charge in [-0.3, -0.25) is 4.79 Å². The lowest BCUT2D eigenvalue weighted by Gasteiger charge is -2.11. The number of imidazole rings is 1. The van der Waals surface area contributed by atoms with Gasteiger partial charge in [0.05, 0.1) is 24.3 Å². The number of hydrogen-bond donors (Lipinski definition) is 1. The van der Waals surface area contributed by atoms with Crippen LogP contribution in [0.25, 0.3) is 11.3 Å². The van der Waals surface area contributed by atoms with Gasteiger partial charge in [-0.05, 0) is 30.4 Å². The molecule has 0 radical (unpaired) electrons. The zero-order chi connectivity index (χ0) is 20.6. The van der Waals surface area contributed by atoms with Gasteiger partial charge in [-0.2, -0.15) is 0 Å². The van der Waals surface area contributed by atoms with Crippen molar-refractivity contribution in [1.82, 2.24) is 14.9 Å². The van der Waals surface area contributed by atoms with Crippen molar-refractivity contribution in [1.29, 1.82) is 0 Å². The highest BCUT2D eigenvalue weighted by Crippen LogP contribution is 2.41. The highest BCUT2D eigenvalue weighted by Gasteiger charge is 2.29. The number of rotatable bonds is 11. The molecule has 0 atom stereocenters. The average Bonchev–Trinajstić information content (AvgIpc) is 3.54. The molecule has 0 unspecified atom stereocenters. The van der Waals surface area contributed by atoms with Crippen LogP contribution in [0.15, 0.2) is 72.0 Å². The van der Waals surface area contributed by atoms with Crippen molar-refractivity contribution in [3.05, 3.63) is 72.4 Å². The molecule has 0 aliphatic heterocycles. The Hall–Kier alpha value is -2.57. The molecule has 1 N–H and O–H groups in total. The van der Waals surface area contributed by atoms with Crippen LogP contribution in [0.3, 0.4) is 0 Å². The number of nitrogens with zero attached hydrogens (tertiary/aromatic N) is 2. The highest BCUT2D eigenvalue weighted by atomic mass is 32.2. The normalized spacial score (nSPS) is 13.3. The fourth-order valence-electron chi connectivity index (χ4n) is 3.31. The second kappa shape index (κ2) is 10.5. The topological polar surface area (TPSA) is 56.2 Å². The molecule has 1 aliphatic rings. The maximum atomic E-state index is 12.2. The van der Waals surface area contributed by atoms with E-state index in [1.165, 1.54) is 35.7 Å². The third-order valence-electron chi connectivity index (χ3n) is 4.98. The van der Waals surface area contributed by atoms with Crippen LogP contribution in [0.2, 0.25) is 0 Å². The Kier molecular flexibility index (Phi) is 7.21. The largest absolute Gasteiger partial charge is 0.377 e.